The van der Waals surface area contributed by atoms with Crippen LogP contribution >= 0.6 is 0 Å². The first-order valence-corrected chi connectivity index (χ1v) is 6.70. The number of benzene rings is 1. The molecule has 1 aliphatic heterocycles. The number of carbonyl (C=O) groups excluding carboxylic acids is 1. The summed E-state index contributed by atoms with van der Waals surface area (Å²) in [7, 11) is 1.47. The number of hydrogen-bond donors (Lipinski definition) is 0. The van der Waals surface area contributed by atoms with Crippen molar-refractivity contribution in [2.75, 3.05) is 20.2 Å². The molecule has 0 amide bonds. The topological polar surface area (TPSA) is 29.5 Å². The van der Waals surface area contributed by atoms with E-state index in [-0.39, 0.29) is 24.4 Å². The standard InChI is InChI=1S/C15H21NO2.ClH/c1-18-15(17)14(13-9-5-4-6-10-13)16-11-7-2-3-8-12-16;/h4-6,9-10,14H,2-3,7-8,11-12H2,1H3;1H/p-1. The molecule has 2 rings (SSSR count). The van der Waals surface area contributed by atoms with E-state index in [1.54, 1.807) is 0 Å². The first-order valence-electron chi connectivity index (χ1n) is 6.70. The van der Waals surface area contributed by atoms with Crippen LogP contribution in [-0.4, -0.2) is 31.1 Å². The molecule has 1 fully saturated rings. The highest BCUT2D eigenvalue weighted by atomic mass is 35.5. The minimum absolute atomic E-state index is 0. The van der Waals surface area contributed by atoms with Crippen LogP contribution < -0.4 is 12.4 Å². The Labute approximate surface area is 121 Å². The van der Waals surface area contributed by atoms with Crippen LogP contribution in [0.1, 0.15) is 37.3 Å². The number of rotatable bonds is 3. The van der Waals surface area contributed by atoms with Crippen molar-refractivity contribution in [3.05, 3.63) is 35.9 Å². The molecule has 0 N–H and O–H groups in total. The van der Waals surface area contributed by atoms with Crippen molar-refractivity contribution in [1.82, 2.24) is 4.90 Å². The Bertz CT molecular complexity index is 375. The summed E-state index contributed by atoms with van der Waals surface area (Å²) in [6.07, 6.45) is 4.86. The normalized spacial score (nSPS) is 17.9. The third kappa shape index (κ3) is 4.22. The molecule has 1 heterocycles. The van der Waals surface area contributed by atoms with Crippen molar-refractivity contribution in [2.24, 2.45) is 0 Å². The molecule has 4 heteroatoms. The molecule has 0 spiro atoms. The van der Waals surface area contributed by atoms with Crippen molar-refractivity contribution in [3.8, 4) is 0 Å². The van der Waals surface area contributed by atoms with E-state index in [0.717, 1.165) is 18.7 Å². The number of hydrogen-bond acceptors (Lipinski definition) is 3. The fraction of sp³-hybridized carbons (Fsp3) is 0.533. The summed E-state index contributed by atoms with van der Waals surface area (Å²) in [6, 6.07) is 9.69. The molecule has 1 aromatic rings. The van der Waals surface area contributed by atoms with Crippen molar-refractivity contribution < 1.29 is 21.9 Å². The van der Waals surface area contributed by atoms with Gasteiger partial charge in [0.05, 0.1) is 7.11 Å². The van der Waals surface area contributed by atoms with Crippen LogP contribution in [0.3, 0.4) is 0 Å². The van der Waals surface area contributed by atoms with E-state index < -0.39 is 0 Å². The quantitative estimate of drug-likeness (QED) is 0.718. The van der Waals surface area contributed by atoms with Gasteiger partial charge >= 0.3 is 5.97 Å². The van der Waals surface area contributed by atoms with E-state index in [2.05, 4.69) is 4.90 Å². The first-order chi connectivity index (χ1) is 8.83. The lowest BCUT2D eigenvalue weighted by Crippen LogP contribution is -3.00. The number of methoxy groups -OCH3 is 1. The van der Waals surface area contributed by atoms with Gasteiger partial charge < -0.3 is 17.1 Å². The molecule has 0 aromatic heterocycles. The molecule has 106 valence electrons. The molecule has 1 aromatic carbocycles. The second kappa shape index (κ2) is 8.18. The Hall–Kier alpha value is -1.06. The van der Waals surface area contributed by atoms with Gasteiger partial charge in [0.2, 0.25) is 0 Å². The van der Waals surface area contributed by atoms with Crippen molar-refractivity contribution in [1.29, 1.82) is 0 Å². The van der Waals surface area contributed by atoms with Crippen LogP contribution in [0.15, 0.2) is 30.3 Å². The summed E-state index contributed by atoms with van der Waals surface area (Å²) in [5.41, 5.74) is 1.03. The predicted octanol–water partition coefficient (Wildman–Crippen LogP) is -0.219. The predicted molar refractivity (Wildman–Crippen MR) is 71.2 cm³/mol. The van der Waals surface area contributed by atoms with Gasteiger partial charge in [0.25, 0.3) is 0 Å². The minimum atomic E-state index is -0.241. The van der Waals surface area contributed by atoms with Crippen molar-refractivity contribution in [2.45, 2.75) is 31.7 Å². The Morgan fingerprint density at radius 2 is 1.68 bits per heavy atom. The summed E-state index contributed by atoms with van der Waals surface area (Å²) in [5.74, 6) is -0.150. The lowest BCUT2D eigenvalue weighted by Gasteiger charge is -2.28. The molecule has 1 aliphatic rings. The number of likely N-dealkylation sites (tertiary alicyclic amines) is 1. The van der Waals surface area contributed by atoms with Crippen molar-refractivity contribution >= 4 is 5.97 Å². The molecule has 3 nitrogen and oxygen atoms in total. The molecule has 0 radical (unpaired) electrons. The molecule has 1 unspecified atom stereocenters. The number of halogens is 1. The van der Waals surface area contributed by atoms with Gasteiger partial charge in [0, 0.05) is 0 Å². The number of ether oxygens (including phenoxy) is 1. The zero-order valence-corrected chi connectivity index (χ0v) is 12.1. The summed E-state index contributed by atoms with van der Waals surface area (Å²) in [4.78, 5) is 14.3. The second-order valence-corrected chi connectivity index (χ2v) is 4.79. The second-order valence-electron chi connectivity index (χ2n) is 4.79. The number of esters is 1. The molecule has 1 atom stereocenters. The van der Waals surface area contributed by atoms with Crippen LogP contribution in [0.4, 0.5) is 0 Å². The lowest BCUT2D eigenvalue weighted by molar-refractivity contribution is -0.147. The van der Waals surface area contributed by atoms with Crippen LogP contribution in [0, 0.1) is 0 Å². The average Bonchev–Trinajstić information content (AvgIpc) is 2.69. The number of carbonyl (C=O) groups is 1. The van der Waals surface area contributed by atoms with E-state index in [0.29, 0.717) is 0 Å². The smallest absolute Gasteiger partial charge is 0.327 e. The van der Waals surface area contributed by atoms with Crippen LogP contribution in [0.25, 0.3) is 0 Å². The van der Waals surface area contributed by atoms with E-state index in [4.69, 9.17) is 4.74 Å². The molecule has 19 heavy (non-hydrogen) atoms. The summed E-state index contributed by atoms with van der Waals surface area (Å²) >= 11 is 0. The van der Waals surface area contributed by atoms with Gasteiger partial charge in [-0.25, -0.2) is 4.79 Å². The number of nitrogens with zero attached hydrogens (tertiary/aromatic N) is 1. The maximum atomic E-state index is 12.1. The van der Waals surface area contributed by atoms with Crippen molar-refractivity contribution in [3.63, 3.8) is 0 Å². The van der Waals surface area contributed by atoms with E-state index in [1.807, 2.05) is 30.3 Å². The fourth-order valence-electron chi connectivity index (χ4n) is 2.60. The SMILES string of the molecule is COC(=O)C(c1ccccc1)N1CCCCCC1.[Cl-]. The summed E-state index contributed by atoms with van der Waals surface area (Å²) < 4.78 is 4.98. The van der Waals surface area contributed by atoms with Gasteiger partial charge in [-0.3, -0.25) is 4.90 Å². The average molecular weight is 283 g/mol. The Kier molecular flexibility index (Phi) is 6.89. The van der Waals surface area contributed by atoms with Gasteiger partial charge in [0.15, 0.2) is 0 Å². The highest BCUT2D eigenvalue weighted by Gasteiger charge is 2.28. The van der Waals surface area contributed by atoms with Gasteiger partial charge in [0.1, 0.15) is 6.04 Å². The van der Waals surface area contributed by atoms with Gasteiger partial charge in [-0.2, -0.15) is 0 Å². The summed E-state index contributed by atoms with van der Waals surface area (Å²) in [6.45, 7) is 1.96. The monoisotopic (exact) mass is 282 g/mol. The van der Waals surface area contributed by atoms with Gasteiger partial charge in [-0.05, 0) is 31.5 Å². The molecule has 1 saturated heterocycles. The third-order valence-corrected chi connectivity index (χ3v) is 3.55. The van der Waals surface area contributed by atoms with E-state index >= 15 is 0 Å². The lowest BCUT2D eigenvalue weighted by atomic mass is 10.1. The molecular formula is C15H21ClNO2-. The third-order valence-electron chi connectivity index (χ3n) is 3.55. The molecule has 0 aliphatic carbocycles. The molecular weight excluding hydrogens is 262 g/mol. The first kappa shape index (κ1) is 16.0. The van der Waals surface area contributed by atoms with E-state index in [9.17, 15) is 4.79 Å². The zero-order valence-electron chi connectivity index (χ0n) is 11.3. The van der Waals surface area contributed by atoms with Crippen LogP contribution in [-0.2, 0) is 9.53 Å². The Morgan fingerprint density at radius 3 is 2.21 bits per heavy atom. The summed E-state index contributed by atoms with van der Waals surface area (Å²) in [5, 5.41) is 0. The van der Waals surface area contributed by atoms with Gasteiger partial charge in [-0.1, -0.05) is 43.2 Å². The molecule has 0 bridgehead atoms. The fourth-order valence-corrected chi connectivity index (χ4v) is 2.60. The Balaban J connectivity index is 0.00000180. The zero-order chi connectivity index (χ0) is 12.8. The van der Waals surface area contributed by atoms with Crippen LogP contribution in [0.5, 0.6) is 0 Å². The maximum absolute atomic E-state index is 12.1. The largest absolute Gasteiger partial charge is 1.00 e. The minimum Gasteiger partial charge on any atom is -1.00 e. The maximum Gasteiger partial charge on any atom is 0.327 e. The highest BCUT2D eigenvalue weighted by Crippen LogP contribution is 2.25. The Morgan fingerprint density at radius 1 is 1.11 bits per heavy atom. The van der Waals surface area contributed by atoms with Gasteiger partial charge in [-0.15, -0.1) is 0 Å². The van der Waals surface area contributed by atoms with E-state index in [1.165, 1.54) is 32.8 Å². The highest BCUT2D eigenvalue weighted by molar-refractivity contribution is 5.77. The molecule has 0 saturated carbocycles. The van der Waals surface area contributed by atoms with Crippen LogP contribution in [0.2, 0.25) is 0 Å².